The van der Waals surface area contributed by atoms with Gasteiger partial charge in [-0.3, -0.25) is 0 Å². The van der Waals surface area contributed by atoms with Crippen LogP contribution in [0.4, 0.5) is 4.79 Å². The molecule has 3 saturated carbocycles. The Hall–Kier alpha value is -1.06. The predicted octanol–water partition coefficient (Wildman–Crippen LogP) is 2.81. The number of nitrogens with two attached hydrogens (primary N) is 1. The van der Waals surface area contributed by atoms with E-state index in [9.17, 15) is 4.79 Å². The van der Waals surface area contributed by atoms with Crippen molar-refractivity contribution in [1.29, 1.82) is 0 Å². The quantitative estimate of drug-likeness (QED) is 0.789. The molecule has 0 aromatic rings. The van der Waals surface area contributed by atoms with Crippen molar-refractivity contribution >= 4 is 11.9 Å². The lowest BCUT2D eigenvalue weighted by Gasteiger charge is -2.47. The van der Waals surface area contributed by atoms with Gasteiger partial charge in [0.1, 0.15) is 11.4 Å². The Morgan fingerprint density at radius 2 is 1.68 bits per heavy atom. The molecule has 2 N–H and O–H groups in total. The summed E-state index contributed by atoms with van der Waals surface area (Å²) in [5, 5.41) is 0. The molecule has 0 bridgehead atoms. The van der Waals surface area contributed by atoms with E-state index < -0.39 is 0 Å². The van der Waals surface area contributed by atoms with Crippen LogP contribution < -0.4 is 5.73 Å². The molecule has 4 heteroatoms. The average Bonchev–Trinajstić information content (AvgIpc) is 3.06. The fraction of sp³-hybridized carbons (Fsp3) is 0.867. The molecule has 0 saturated heterocycles. The van der Waals surface area contributed by atoms with Crippen molar-refractivity contribution in [3.8, 4) is 0 Å². The van der Waals surface area contributed by atoms with E-state index in [4.69, 9.17) is 5.73 Å². The molecule has 3 fully saturated rings. The second kappa shape index (κ2) is 3.74. The molecule has 19 heavy (non-hydrogen) atoms. The van der Waals surface area contributed by atoms with Crippen LogP contribution in [-0.2, 0) is 0 Å². The maximum absolute atomic E-state index is 12.1. The van der Waals surface area contributed by atoms with Crippen molar-refractivity contribution in [3.05, 3.63) is 0 Å². The zero-order valence-electron chi connectivity index (χ0n) is 11.5. The average molecular weight is 261 g/mol. The van der Waals surface area contributed by atoms with Gasteiger partial charge in [-0.25, -0.2) is 4.79 Å². The fourth-order valence-electron chi connectivity index (χ4n) is 4.72. The summed E-state index contributed by atoms with van der Waals surface area (Å²) in [7, 11) is 0. The number of amides is 2. The number of amidine groups is 1. The van der Waals surface area contributed by atoms with Crippen LogP contribution in [0.1, 0.15) is 64.2 Å². The highest BCUT2D eigenvalue weighted by Gasteiger charge is 2.56. The molecule has 4 nitrogen and oxygen atoms in total. The lowest BCUT2D eigenvalue weighted by molar-refractivity contribution is 0.0798. The summed E-state index contributed by atoms with van der Waals surface area (Å²) in [5.74, 6) is 0.609. The van der Waals surface area contributed by atoms with Gasteiger partial charge in [-0.15, -0.1) is 0 Å². The number of carbonyl (C=O) groups excluding carboxylic acids is 1. The topological polar surface area (TPSA) is 58.7 Å². The Morgan fingerprint density at radius 3 is 2.26 bits per heavy atom. The highest BCUT2D eigenvalue weighted by atomic mass is 16.2. The molecule has 4 rings (SSSR count). The summed E-state index contributed by atoms with van der Waals surface area (Å²) in [6.07, 6.45) is 12.4. The minimum absolute atomic E-state index is 0.0672. The number of rotatable bonds is 1. The molecule has 3 aliphatic carbocycles. The predicted molar refractivity (Wildman–Crippen MR) is 74.0 cm³/mol. The number of nitrogens with zero attached hydrogens (tertiary/aromatic N) is 2. The summed E-state index contributed by atoms with van der Waals surface area (Å²) in [4.78, 5) is 18.3. The standard InChI is InChI=1S/C15H23N3O/c16-12-15(18(11-3-4-11)13(19)17-12)9-7-14(8-10-15)5-1-2-6-14/h11H,1-10H2,(H2,16,17,19). The maximum atomic E-state index is 12.1. The van der Waals surface area contributed by atoms with Gasteiger partial charge in [0, 0.05) is 6.04 Å². The van der Waals surface area contributed by atoms with Gasteiger partial charge < -0.3 is 10.6 Å². The van der Waals surface area contributed by atoms with Crippen LogP contribution in [-0.4, -0.2) is 28.3 Å². The minimum atomic E-state index is -0.202. The van der Waals surface area contributed by atoms with Gasteiger partial charge >= 0.3 is 6.03 Å². The Labute approximate surface area is 114 Å². The molecule has 2 amide bonds. The number of urea groups is 1. The summed E-state index contributed by atoms with van der Waals surface area (Å²) >= 11 is 0. The van der Waals surface area contributed by atoms with Crippen molar-refractivity contribution in [3.63, 3.8) is 0 Å². The number of aliphatic imine (C=N–C) groups is 1. The van der Waals surface area contributed by atoms with Crippen molar-refractivity contribution in [2.75, 3.05) is 0 Å². The fourth-order valence-corrected chi connectivity index (χ4v) is 4.72. The van der Waals surface area contributed by atoms with Gasteiger partial charge in [0.05, 0.1) is 0 Å². The number of hydrogen-bond donors (Lipinski definition) is 1. The first kappa shape index (κ1) is 11.7. The SMILES string of the molecule is NC1=NC(=O)N(C2CC2)C12CCC1(CCCC1)CC2. The molecule has 0 radical (unpaired) electrons. The lowest BCUT2D eigenvalue weighted by Crippen LogP contribution is -2.57. The van der Waals surface area contributed by atoms with Crippen molar-refractivity contribution < 1.29 is 4.79 Å². The van der Waals surface area contributed by atoms with Gasteiger partial charge in [-0.05, 0) is 56.8 Å². The van der Waals surface area contributed by atoms with Crippen LogP contribution in [0.3, 0.4) is 0 Å². The molecule has 0 aromatic carbocycles. The highest BCUT2D eigenvalue weighted by molar-refractivity contribution is 6.06. The molecule has 104 valence electrons. The van der Waals surface area contributed by atoms with Gasteiger partial charge in [0.15, 0.2) is 0 Å². The molecule has 1 heterocycles. The van der Waals surface area contributed by atoms with Crippen molar-refractivity contribution in [1.82, 2.24) is 4.90 Å². The second-order valence-electron chi connectivity index (χ2n) is 7.12. The molecule has 4 aliphatic rings. The smallest absolute Gasteiger partial charge is 0.346 e. The van der Waals surface area contributed by atoms with Crippen LogP contribution in [0.25, 0.3) is 0 Å². The van der Waals surface area contributed by atoms with E-state index in [1.807, 2.05) is 4.90 Å². The molecule has 0 unspecified atom stereocenters. The van der Waals surface area contributed by atoms with E-state index in [2.05, 4.69) is 4.99 Å². The third-order valence-electron chi connectivity index (χ3n) is 6.07. The summed E-state index contributed by atoms with van der Waals surface area (Å²) in [5.41, 5.74) is 6.54. The lowest BCUT2D eigenvalue weighted by atomic mass is 9.65. The van der Waals surface area contributed by atoms with Gasteiger partial charge in [0.2, 0.25) is 0 Å². The van der Waals surface area contributed by atoms with Gasteiger partial charge in [0.25, 0.3) is 0 Å². The van der Waals surface area contributed by atoms with Crippen LogP contribution in [0.15, 0.2) is 4.99 Å². The van der Waals surface area contributed by atoms with E-state index >= 15 is 0 Å². The van der Waals surface area contributed by atoms with E-state index in [0.717, 1.165) is 25.7 Å². The van der Waals surface area contributed by atoms with E-state index in [1.54, 1.807) is 0 Å². The normalized spacial score (nSPS) is 32.3. The van der Waals surface area contributed by atoms with Crippen LogP contribution in [0.5, 0.6) is 0 Å². The van der Waals surface area contributed by atoms with E-state index in [-0.39, 0.29) is 11.6 Å². The first-order valence-electron chi connectivity index (χ1n) is 7.83. The second-order valence-corrected chi connectivity index (χ2v) is 7.12. The molecule has 1 aliphatic heterocycles. The monoisotopic (exact) mass is 261 g/mol. The third kappa shape index (κ3) is 1.58. The molecular formula is C15H23N3O. The highest BCUT2D eigenvalue weighted by Crippen LogP contribution is 2.54. The third-order valence-corrected chi connectivity index (χ3v) is 6.07. The number of hydrogen-bond acceptors (Lipinski definition) is 2. The van der Waals surface area contributed by atoms with E-state index in [0.29, 0.717) is 17.3 Å². The Morgan fingerprint density at radius 1 is 1.05 bits per heavy atom. The zero-order chi connectivity index (χ0) is 13.1. The number of carbonyl (C=O) groups is 1. The Balaban J connectivity index is 1.60. The largest absolute Gasteiger partial charge is 0.385 e. The van der Waals surface area contributed by atoms with Crippen molar-refractivity contribution in [2.24, 2.45) is 16.1 Å². The molecule has 0 atom stereocenters. The van der Waals surface area contributed by atoms with Crippen LogP contribution in [0, 0.1) is 5.41 Å². The maximum Gasteiger partial charge on any atom is 0.346 e. The first-order valence-corrected chi connectivity index (χ1v) is 7.83. The van der Waals surface area contributed by atoms with Crippen LogP contribution in [0.2, 0.25) is 0 Å². The molecular weight excluding hydrogens is 238 g/mol. The summed E-state index contributed by atoms with van der Waals surface area (Å²) in [6.45, 7) is 0. The molecule has 2 spiro atoms. The Kier molecular flexibility index (Phi) is 2.31. The van der Waals surface area contributed by atoms with Crippen molar-refractivity contribution in [2.45, 2.75) is 75.8 Å². The zero-order valence-corrected chi connectivity index (χ0v) is 11.5. The first-order chi connectivity index (χ1) is 9.15. The summed E-state index contributed by atoms with van der Waals surface area (Å²) in [6, 6.07) is 0.359. The minimum Gasteiger partial charge on any atom is -0.385 e. The van der Waals surface area contributed by atoms with Gasteiger partial charge in [-0.1, -0.05) is 12.8 Å². The van der Waals surface area contributed by atoms with Crippen LogP contribution >= 0.6 is 0 Å². The Bertz CT molecular complexity index is 436. The molecule has 0 aromatic heterocycles. The van der Waals surface area contributed by atoms with E-state index in [1.165, 1.54) is 38.5 Å². The summed E-state index contributed by atoms with van der Waals surface area (Å²) < 4.78 is 0. The van der Waals surface area contributed by atoms with Gasteiger partial charge in [-0.2, -0.15) is 4.99 Å².